The van der Waals surface area contributed by atoms with Crippen LogP contribution in [0.1, 0.15) is 5.56 Å². The second-order valence-corrected chi connectivity index (χ2v) is 11.6. The highest BCUT2D eigenvalue weighted by atomic mass is 32.2. The molecule has 10 nitrogen and oxygen atoms in total. The van der Waals surface area contributed by atoms with E-state index >= 15 is 0 Å². The molecule has 0 aliphatic carbocycles. The predicted octanol–water partition coefficient (Wildman–Crippen LogP) is 2.44. The lowest BCUT2D eigenvalue weighted by Gasteiger charge is -2.12. The van der Waals surface area contributed by atoms with Crippen molar-refractivity contribution >= 4 is 31.6 Å². The second kappa shape index (κ2) is 11.4. The maximum absolute atomic E-state index is 12.6. The summed E-state index contributed by atoms with van der Waals surface area (Å²) in [5, 5.41) is 2.68. The molecule has 0 aliphatic heterocycles. The first-order chi connectivity index (χ1) is 17.0. The number of nitrogens with one attached hydrogen (secondary N) is 2. The van der Waals surface area contributed by atoms with Crippen molar-refractivity contribution in [3.63, 3.8) is 0 Å². The van der Waals surface area contributed by atoms with E-state index in [-0.39, 0.29) is 22.9 Å². The highest BCUT2D eigenvalue weighted by Gasteiger charge is 2.17. The van der Waals surface area contributed by atoms with Gasteiger partial charge in [0.05, 0.1) is 16.9 Å². The Hall–Kier alpha value is -3.61. The molecule has 0 saturated heterocycles. The van der Waals surface area contributed by atoms with Gasteiger partial charge in [-0.3, -0.25) is 9.52 Å². The van der Waals surface area contributed by atoms with Gasteiger partial charge < -0.3 is 14.8 Å². The van der Waals surface area contributed by atoms with E-state index in [1.165, 1.54) is 57.6 Å². The van der Waals surface area contributed by atoms with Crippen LogP contribution in [0.3, 0.4) is 0 Å². The Balaban J connectivity index is 1.50. The lowest BCUT2D eigenvalue weighted by molar-refractivity contribution is -0.123. The number of amides is 1. The normalized spacial score (nSPS) is 11.7. The molecule has 0 aromatic heterocycles. The first-order valence-corrected chi connectivity index (χ1v) is 13.6. The van der Waals surface area contributed by atoms with Crippen LogP contribution in [0.5, 0.6) is 11.5 Å². The first kappa shape index (κ1) is 27.0. The molecule has 12 heteroatoms. The minimum atomic E-state index is -3.80. The Morgan fingerprint density at radius 1 is 0.806 bits per heavy atom. The van der Waals surface area contributed by atoms with Crippen LogP contribution in [-0.2, 0) is 31.4 Å². The number of sulfonamides is 2. The molecule has 0 unspecified atom stereocenters. The second-order valence-electron chi connectivity index (χ2n) is 7.80. The van der Waals surface area contributed by atoms with Crippen molar-refractivity contribution in [2.24, 2.45) is 0 Å². The number of hydrogen-bond donors (Lipinski definition) is 2. The van der Waals surface area contributed by atoms with Gasteiger partial charge in [0.25, 0.3) is 15.9 Å². The third-order valence-corrected chi connectivity index (χ3v) is 8.26. The van der Waals surface area contributed by atoms with Gasteiger partial charge in [-0.2, -0.15) is 0 Å². The molecule has 0 aliphatic rings. The number of hydrogen-bond acceptors (Lipinski definition) is 7. The average molecular weight is 534 g/mol. The summed E-state index contributed by atoms with van der Waals surface area (Å²) in [6.45, 7) is -0.0814. The summed E-state index contributed by atoms with van der Waals surface area (Å²) in [5.41, 5.74) is 1.11. The lowest BCUT2D eigenvalue weighted by Crippen LogP contribution is -2.28. The van der Waals surface area contributed by atoms with Gasteiger partial charge in [0.1, 0.15) is 11.5 Å². The molecule has 3 rings (SSSR count). The van der Waals surface area contributed by atoms with Crippen molar-refractivity contribution in [3.8, 4) is 11.5 Å². The van der Waals surface area contributed by atoms with E-state index in [9.17, 15) is 21.6 Å². The number of rotatable bonds is 11. The first-order valence-electron chi connectivity index (χ1n) is 10.7. The van der Waals surface area contributed by atoms with Crippen molar-refractivity contribution in [3.05, 3.63) is 78.4 Å². The van der Waals surface area contributed by atoms with Gasteiger partial charge in [0.2, 0.25) is 10.0 Å². The fraction of sp³-hybridized carbons (Fsp3) is 0.208. The summed E-state index contributed by atoms with van der Waals surface area (Å²) >= 11 is 0. The van der Waals surface area contributed by atoms with Crippen LogP contribution in [0.25, 0.3) is 0 Å². The zero-order chi connectivity index (χ0) is 26.3. The topological polar surface area (TPSA) is 131 Å². The molecule has 0 radical (unpaired) electrons. The van der Waals surface area contributed by atoms with Crippen LogP contribution in [0, 0.1) is 0 Å². The Kier molecular flexibility index (Phi) is 8.56. The van der Waals surface area contributed by atoms with Crippen LogP contribution >= 0.6 is 0 Å². The van der Waals surface area contributed by atoms with E-state index in [0.717, 1.165) is 9.87 Å². The molecular formula is C24H27N3O7S2. The SMILES string of the molecule is COc1ccc(NS(=O)(=O)c2ccc(OCC(=O)NCc3ccc(S(=O)(=O)N(C)C)cc3)cc2)cc1. The molecule has 0 saturated carbocycles. The van der Waals surface area contributed by atoms with E-state index in [1.54, 1.807) is 36.4 Å². The average Bonchev–Trinajstić information content (AvgIpc) is 2.87. The minimum Gasteiger partial charge on any atom is -0.497 e. The maximum atomic E-state index is 12.6. The van der Waals surface area contributed by atoms with Gasteiger partial charge in [0.15, 0.2) is 6.61 Å². The smallest absolute Gasteiger partial charge is 0.261 e. The molecule has 3 aromatic rings. The quantitative estimate of drug-likeness (QED) is 0.387. The lowest BCUT2D eigenvalue weighted by atomic mass is 10.2. The largest absolute Gasteiger partial charge is 0.497 e. The molecule has 1 amide bonds. The Labute approximate surface area is 211 Å². The number of anilines is 1. The fourth-order valence-electron chi connectivity index (χ4n) is 2.98. The molecule has 2 N–H and O–H groups in total. The fourth-order valence-corrected chi connectivity index (χ4v) is 4.94. The van der Waals surface area contributed by atoms with Crippen LogP contribution in [0.4, 0.5) is 5.69 Å². The number of nitrogens with zero attached hydrogens (tertiary/aromatic N) is 1. The minimum absolute atomic E-state index is 0.0369. The third-order valence-electron chi connectivity index (χ3n) is 5.04. The Morgan fingerprint density at radius 3 is 1.92 bits per heavy atom. The molecule has 0 heterocycles. The monoisotopic (exact) mass is 533 g/mol. The zero-order valence-electron chi connectivity index (χ0n) is 20.0. The van der Waals surface area contributed by atoms with E-state index in [2.05, 4.69) is 10.0 Å². The van der Waals surface area contributed by atoms with E-state index in [4.69, 9.17) is 9.47 Å². The van der Waals surface area contributed by atoms with Crippen LogP contribution in [0.15, 0.2) is 82.6 Å². The Morgan fingerprint density at radius 2 is 1.36 bits per heavy atom. The molecule has 36 heavy (non-hydrogen) atoms. The van der Waals surface area contributed by atoms with Crippen LogP contribution in [-0.4, -0.2) is 54.9 Å². The van der Waals surface area contributed by atoms with E-state index in [1.807, 2.05) is 0 Å². The molecule has 0 fully saturated rings. The van der Waals surface area contributed by atoms with Gasteiger partial charge in [0, 0.05) is 26.3 Å². The summed E-state index contributed by atoms with van der Waals surface area (Å²) in [6, 6.07) is 18.3. The van der Waals surface area contributed by atoms with Crippen LogP contribution < -0.4 is 19.5 Å². The summed E-state index contributed by atoms with van der Waals surface area (Å²) in [4.78, 5) is 12.3. The van der Waals surface area contributed by atoms with Gasteiger partial charge in [-0.1, -0.05) is 12.1 Å². The molecule has 192 valence electrons. The summed E-state index contributed by atoms with van der Waals surface area (Å²) in [5.74, 6) is 0.543. The summed E-state index contributed by atoms with van der Waals surface area (Å²) in [7, 11) is -2.89. The number of benzene rings is 3. The molecule has 0 spiro atoms. The molecule has 3 aromatic carbocycles. The number of methoxy groups -OCH3 is 1. The maximum Gasteiger partial charge on any atom is 0.261 e. The van der Waals surface area contributed by atoms with Crippen molar-refractivity contribution in [2.45, 2.75) is 16.3 Å². The standard InChI is InChI=1S/C24H27N3O7S2/c1-27(2)36(31,32)23-12-4-18(5-13-23)16-25-24(28)17-34-21-10-14-22(15-11-21)35(29,30)26-19-6-8-20(33-3)9-7-19/h4-15,26H,16-17H2,1-3H3,(H,25,28). The van der Waals surface area contributed by atoms with Crippen LogP contribution in [0.2, 0.25) is 0 Å². The Bertz CT molecular complexity index is 1390. The van der Waals surface area contributed by atoms with Gasteiger partial charge in [-0.25, -0.2) is 21.1 Å². The zero-order valence-corrected chi connectivity index (χ0v) is 21.6. The summed E-state index contributed by atoms with van der Waals surface area (Å²) in [6.07, 6.45) is 0. The summed E-state index contributed by atoms with van der Waals surface area (Å²) < 4.78 is 63.5. The van der Waals surface area contributed by atoms with Crippen molar-refractivity contribution in [2.75, 3.05) is 32.5 Å². The van der Waals surface area contributed by atoms with Crippen molar-refractivity contribution in [1.29, 1.82) is 0 Å². The van der Waals surface area contributed by atoms with Crippen molar-refractivity contribution < 1.29 is 31.1 Å². The number of ether oxygens (including phenoxy) is 2. The number of carbonyl (C=O) groups excluding carboxylic acids is 1. The number of carbonyl (C=O) groups is 1. The molecule has 0 atom stereocenters. The van der Waals surface area contributed by atoms with Gasteiger partial charge in [-0.05, 0) is 66.2 Å². The highest BCUT2D eigenvalue weighted by Crippen LogP contribution is 2.21. The van der Waals surface area contributed by atoms with E-state index in [0.29, 0.717) is 17.2 Å². The van der Waals surface area contributed by atoms with Crippen molar-refractivity contribution in [1.82, 2.24) is 9.62 Å². The van der Waals surface area contributed by atoms with E-state index < -0.39 is 26.0 Å². The van der Waals surface area contributed by atoms with Gasteiger partial charge >= 0.3 is 0 Å². The highest BCUT2D eigenvalue weighted by molar-refractivity contribution is 7.92. The molecule has 0 bridgehead atoms. The molecular weight excluding hydrogens is 506 g/mol. The van der Waals surface area contributed by atoms with Gasteiger partial charge in [-0.15, -0.1) is 0 Å². The predicted molar refractivity (Wildman–Crippen MR) is 135 cm³/mol. The third kappa shape index (κ3) is 6.97.